The molecule has 2 nitrogen and oxygen atoms in total. The summed E-state index contributed by atoms with van der Waals surface area (Å²) in [7, 11) is 0. The molecule has 0 aliphatic carbocycles. The van der Waals surface area contributed by atoms with Gasteiger partial charge in [-0.1, -0.05) is 18.2 Å². The summed E-state index contributed by atoms with van der Waals surface area (Å²) < 4.78 is 31.6. The van der Waals surface area contributed by atoms with E-state index in [1.165, 1.54) is 18.4 Å². The maximum absolute atomic E-state index is 13.1. The largest absolute Gasteiger partial charge is 0.464 e. The van der Waals surface area contributed by atoms with Crippen molar-refractivity contribution < 1.29 is 18.3 Å². The van der Waals surface area contributed by atoms with Gasteiger partial charge in [0.15, 0.2) is 0 Å². The first kappa shape index (κ1) is 12.8. The molecule has 0 fully saturated rings. The molecule has 1 heterocycles. The zero-order chi connectivity index (χ0) is 14.1. The van der Waals surface area contributed by atoms with E-state index in [1.54, 1.807) is 6.07 Å². The lowest BCUT2D eigenvalue weighted by Crippen LogP contribution is -2.02. The van der Waals surface area contributed by atoms with Crippen LogP contribution in [0.25, 0.3) is 11.0 Å². The molecule has 1 N–H and O–H groups in total. The number of hydrogen-bond acceptors (Lipinski definition) is 2. The minimum absolute atomic E-state index is 0.123. The number of aliphatic hydroxyl groups is 1. The normalized spacial score (nSPS) is 12.8. The number of furan rings is 1. The maximum Gasteiger partial charge on any atom is 0.134 e. The van der Waals surface area contributed by atoms with Crippen molar-refractivity contribution in [2.24, 2.45) is 0 Å². The molecule has 2 aromatic carbocycles. The molecule has 3 rings (SSSR count). The number of fused-ring (bicyclic) bond motifs is 1. The average molecular weight is 274 g/mol. The zero-order valence-electron chi connectivity index (χ0n) is 10.5. The van der Waals surface area contributed by atoms with Crippen LogP contribution in [-0.2, 0) is 6.42 Å². The first-order chi connectivity index (χ1) is 9.63. The Kier molecular flexibility index (Phi) is 3.24. The Labute approximate surface area is 114 Å². The summed E-state index contributed by atoms with van der Waals surface area (Å²) in [5.74, 6) is -1.30. The number of halogens is 2. The third kappa shape index (κ3) is 2.42. The minimum atomic E-state index is -0.875. The third-order valence-corrected chi connectivity index (χ3v) is 3.22. The Bertz CT molecular complexity index is 729. The lowest BCUT2D eigenvalue weighted by atomic mass is 10.0. The molecular formula is C16H12F2O2. The van der Waals surface area contributed by atoms with Crippen molar-refractivity contribution in [3.63, 3.8) is 0 Å². The fourth-order valence-corrected chi connectivity index (χ4v) is 2.32. The zero-order valence-corrected chi connectivity index (χ0v) is 10.5. The van der Waals surface area contributed by atoms with Gasteiger partial charge in [-0.25, -0.2) is 8.78 Å². The molecule has 3 aromatic rings. The van der Waals surface area contributed by atoms with Crippen LogP contribution in [0.5, 0.6) is 0 Å². The van der Waals surface area contributed by atoms with Crippen molar-refractivity contribution in [2.75, 3.05) is 0 Å². The van der Waals surface area contributed by atoms with Crippen molar-refractivity contribution in [3.05, 3.63) is 71.5 Å². The smallest absolute Gasteiger partial charge is 0.134 e. The highest BCUT2D eigenvalue weighted by Crippen LogP contribution is 2.28. The van der Waals surface area contributed by atoms with Crippen LogP contribution in [0.2, 0.25) is 0 Å². The summed E-state index contributed by atoms with van der Waals surface area (Å²) in [5, 5.41) is 11.0. The summed E-state index contributed by atoms with van der Waals surface area (Å²) in [6.07, 6.45) is 0.725. The fraction of sp³-hybridized carbons (Fsp3) is 0.125. The molecule has 0 saturated carbocycles. The van der Waals surface area contributed by atoms with Crippen LogP contribution in [0.3, 0.4) is 0 Å². The van der Waals surface area contributed by atoms with Crippen LogP contribution >= 0.6 is 0 Å². The minimum Gasteiger partial charge on any atom is -0.464 e. The van der Waals surface area contributed by atoms with Gasteiger partial charge in [-0.3, -0.25) is 0 Å². The highest BCUT2D eigenvalue weighted by atomic mass is 19.1. The van der Waals surface area contributed by atoms with Gasteiger partial charge in [-0.05, 0) is 23.8 Å². The molecule has 0 aliphatic rings. The molecule has 20 heavy (non-hydrogen) atoms. The van der Waals surface area contributed by atoms with Crippen molar-refractivity contribution in [2.45, 2.75) is 12.5 Å². The van der Waals surface area contributed by atoms with Gasteiger partial charge >= 0.3 is 0 Å². The maximum atomic E-state index is 13.1. The lowest BCUT2D eigenvalue weighted by molar-refractivity contribution is 0.178. The van der Waals surface area contributed by atoms with Crippen LogP contribution < -0.4 is 0 Å². The molecule has 1 aromatic heterocycles. The Morgan fingerprint density at radius 2 is 1.75 bits per heavy atom. The molecular weight excluding hydrogens is 262 g/mol. The Balaban J connectivity index is 1.91. The number of hydrogen-bond donors (Lipinski definition) is 1. The molecule has 0 radical (unpaired) electrons. The Morgan fingerprint density at radius 1 is 1.05 bits per heavy atom. The van der Waals surface area contributed by atoms with E-state index in [2.05, 4.69) is 0 Å². The van der Waals surface area contributed by atoms with E-state index in [-0.39, 0.29) is 6.42 Å². The van der Waals surface area contributed by atoms with Crippen LogP contribution in [0.15, 0.2) is 53.1 Å². The van der Waals surface area contributed by atoms with Gasteiger partial charge in [0.25, 0.3) is 0 Å². The number of para-hydroxylation sites is 1. The molecule has 0 amide bonds. The SMILES string of the molecule is OC(Cc1cc(F)cc(F)c1)c1coc2ccccc12. The van der Waals surface area contributed by atoms with Gasteiger partial charge in [0.1, 0.15) is 17.2 Å². The van der Waals surface area contributed by atoms with Crippen LogP contribution in [-0.4, -0.2) is 5.11 Å². The first-order valence-corrected chi connectivity index (χ1v) is 6.22. The molecule has 4 heteroatoms. The molecule has 0 aliphatic heterocycles. The first-order valence-electron chi connectivity index (χ1n) is 6.22. The summed E-state index contributed by atoms with van der Waals surface area (Å²) in [5.41, 5.74) is 1.69. The summed E-state index contributed by atoms with van der Waals surface area (Å²) >= 11 is 0. The highest BCUT2D eigenvalue weighted by molar-refractivity contribution is 5.81. The van der Waals surface area contributed by atoms with E-state index in [9.17, 15) is 13.9 Å². The molecule has 102 valence electrons. The Hall–Kier alpha value is -2.20. The fourth-order valence-electron chi connectivity index (χ4n) is 2.32. The van der Waals surface area contributed by atoms with Gasteiger partial charge in [0.05, 0.1) is 12.4 Å². The van der Waals surface area contributed by atoms with E-state index < -0.39 is 17.7 Å². The van der Waals surface area contributed by atoms with Gasteiger partial charge in [-0.15, -0.1) is 0 Å². The number of benzene rings is 2. The van der Waals surface area contributed by atoms with E-state index in [1.807, 2.05) is 18.2 Å². The molecule has 1 atom stereocenters. The van der Waals surface area contributed by atoms with Gasteiger partial charge in [0, 0.05) is 23.4 Å². The van der Waals surface area contributed by atoms with Gasteiger partial charge < -0.3 is 9.52 Å². The van der Waals surface area contributed by atoms with Gasteiger partial charge in [-0.2, -0.15) is 0 Å². The number of aliphatic hydroxyl groups excluding tert-OH is 1. The average Bonchev–Trinajstić information content (AvgIpc) is 2.81. The predicted molar refractivity (Wildman–Crippen MR) is 71.2 cm³/mol. The predicted octanol–water partition coefficient (Wildman–Crippen LogP) is 3.99. The monoisotopic (exact) mass is 274 g/mol. The van der Waals surface area contributed by atoms with Crippen molar-refractivity contribution in [1.82, 2.24) is 0 Å². The topological polar surface area (TPSA) is 33.4 Å². The second-order valence-corrected chi connectivity index (χ2v) is 4.68. The van der Waals surface area contributed by atoms with E-state index in [4.69, 9.17) is 4.42 Å². The molecule has 0 saturated heterocycles. The van der Waals surface area contributed by atoms with Crippen LogP contribution in [0.1, 0.15) is 17.2 Å². The van der Waals surface area contributed by atoms with E-state index in [0.29, 0.717) is 16.7 Å². The third-order valence-electron chi connectivity index (χ3n) is 3.22. The molecule has 1 unspecified atom stereocenters. The highest BCUT2D eigenvalue weighted by Gasteiger charge is 2.15. The van der Waals surface area contributed by atoms with Crippen LogP contribution in [0.4, 0.5) is 8.78 Å². The lowest BCUT2D eigenvalue weighted by Gasteiger charge is -2.09. The standard InChI is InChI=1S/C16H12F2O2/c17-11-5-10(6-12(18)8-11)7-15(19)14-9-20-16-4-2-1-3-13(14)16/h1-6,8-9,15,19H,7H2. The summed E-state index contributed by atoms with van der Waals surface area (Å²) in [6.45, 7) is 0. The molecule has 0 spiro atoms. The Morgan fingerprint density at radius 3 is 2.50 bits per heavy atom. The second kappa shape index (κ2) is 5.06. The van der Waals surface area contributed by atoms with Crippen molar-refractivity contribution in [1.29, 1.82) is 0 Å². The molecule has 0 bridgehead atoms. The number of rotatable bonds is 3. The van der Waals surface area contributed by atoms with Gasteiger partial charge in [0.2, 0.25) is 0 Å². The van der Waals surface area contributed by atoms with Crippen molar-refractivity contribution in [3.8, 4) is 0 Å². The van der Waals surface area contributed by atoms with Crippen LogP contribution in [0, 0.1) is 11.6 Å². The second-order valence-electron chi connectivity index (χ2n) is 4.68. The van der Waals surface area contributed by atoms with Crippen molar-refractivity contribution >= 4 is 11.0 Å². The van der Waals surface area contributed by atoms with E-state index >= 15 is 0 Å². The summed E-state index contributed by atoms with van der Waals surface area (Å²) in [4.78, 5) is 0. The summed E-state index contributed by atoms with van der Waals surface area (Å²) in [6, 6.07) is 10.6. The van der Waals surface area contributed by atoms with E-state index in [0.717, 1.165) is 11.5 Å². The quantitative estimate of drug-likeness (QED) is 0.783.